The highest BCUT2D eigenvalue weighted by Crippen LogP contribution is 2.31. The number of alkyl halides is 3. The summed E-state index contributed by atoms with van der Waals surface area (Å²) in [5, 5.41) is 0. The summed E-state index contributed by atoms with van der Waals surface area (Å²) in [4.78, 5) is 11.7. The van der Waals surface area contributed by atoms with Crippen molar-refractivity contribution < 1.29 is 35.3 Å². The quantitative estimate of drug-likeness (QED) is 0.264. The first-order valence-electron chi connectivity index (χ1n) is 7.08. The highest BCUT2D eigenvalue weighted by atomic mass is 32.2. The van der Waals surface area contributed by atoms with Crippen LogP contribution >= 0.6 is 0 Å². The lowest BCUT2D eigenvalue weighted by atomic mass is 10.0. The zero-order valence-electron chi connectivity index (χ0n) is 12.7. The Bertz CT molecular complexity index is 766. The van der Waals surface area contributed by atoms with Gasteiger partial charge in [-0.3, -0.25) is 4.79 Å². The van der Waals surface area contributed by atoms with E-state index >= 15 is 0 Å². The van der Waals surface area contributed by atoms with Gasteiger partial charge in [-0.25, -0.2) is 0 Å². The van der Waals surface area contributed by atoms with Crippen molar-refractivity contribution in [3.63, 3.8) is 0 Å². The van der Waals surface area contributed by atoms with Gasteiger partial charge in [-0.05, 0) is 49.9 Å². The number of aryl methyl sites for hydroxylation is 1. The molecule has 0 unspecified atom stereocenters. The first-order chi connectivity index (χ1) is 11.1. The molecule has 0 spiro atoms. The Morgan fingerprint density at radius 1 is 1.17 bits per heavy atom. The van der Waals surface area contributed by atoms with Crippen LogP contribution in [0, 0.1) is 0 Å². The number of carbonyl (C=O) groups is 1. The number of ether oxygens (including phenoxy) is 1. The summed E-state index contributed by atoms with van der Waals surface area (Å²) in [6, 6.07) is 3.38. The Morgan fingerprint density at radius 3 is 2.54 bits per heavy atom. The second kappa shape index (κ2) is 6.84. The van der Waals surface area contributed by atoms with E-state index in [0.717, 1.165) is 17.7 Å². The van der Waals surface area contributed by atoms with E-state index in [0.29, 0.717) is 24.8 Å². The molecule has 0 atom stereocenters. The van der Waals surface area contributed by atoms with Gasteiger partial charge < -0.3 is 8.92 Å². The minimum absolute atomic E-state index is 0.183. The number of hydrogen-bond acceptors (Lipinski definition) is 5. The molecular weight excluding hydrogens is 349 g/mol. The molecular formula is C15H15F3O5S. The number of carbonyl (C=O) groups excluding carboxylic acids is 1. The van der Waals surface area contributed by atoms with Crippen LogP contribution in [-0.2, 0) is 21.3 Å². The lowest BCUT2D eigenvalue weighted by Gasteiger charge is -2.14. The number of hydrogen-bond donors (Lipinski definition) is 0. The van der Waals surface area contributed by atoms with Gasteiger partial charge >= 0.3 is 21.6 Å². The van der Waals surface area contributed by atoms with Gasteiger partial charge in [0.05, 0.1) is 0 Å². The van der Waals surface area contributed by atoms with Gasteiger partial charge in [-0.1, -0.05) is 11.6 Å². The number of halogens is 3. The average Bonchev–Trinajstić information content (AvgIpc) is 2.46. The van der Waals surface area contributed by atoms with E-state index in [-0.39, 0.29) is 12.2 Å². The summed E-state index contributed by atoms with van der Waals surface area (Å²) in [6.07, 6.45) is 3.61. The molecule has 0 saturated carbocycles. The minimum atomic E-state index is -5.75. The van der Waals surface area contributed by atoms with E-state index in [1.54, 1.807) is 0 Å². The molecule has 24 heavy (non-hydrogen) atoms. The molecule has 1 aliphatic heterocycles. The van der Waals surface area contributed by atoms with E-state index in [1.165, 1.54) is 6.07 Å². The van der Waals surface area contributed by atoms with Crippen molar-refractivity contribution in [2.75, 3.05) is 0 Å². The fourth-order valence-corrected chi connectivity index (χ4v) is 2.58. The van der Waals surface area contributed by atoms with Crippen LogP contribution in [0.3, 0.4) is 0 Å². The number of allylic oxidation sites excluding steroid dienone is 2. The Kier molecular flexibility index (Phi) is 5.22. The van der Waals surface area contributed by atoms with Crippen molar-refractivity contribution in [1.82, 2.24) is 0 Å². The summed E-state index contributed by atoms with van der Waals surface area (Å²) in [7, 11) is -5.75. The summed E-state index contributed by atoms with van der Waals surface area (Å²) in [5.41, 5.74) is -4.12. The van der Waals surface area contributed by atoms with E-state index in [9.17, 15) is 26.4 Å². The van der Waals surface area contributed by atoms with Gasteiger partial charge in [0.25, 0.3) is 0 Å². The molecule has 0 aliphatic carbocycles. The SMILES string of the molecule is C/C1=C\CCc2cc(OS(=O)(=O)C(F)(F)F)ccc2OC(=O)CC1. The van der Waals surface area contributed by atoms with Crippen LogP contribution in [0.4, 0.5) is 13.2 Å². The van der Waals surface area contributed by atoms with E-state index in [4.69, 9.17) is 4.74 Å². The van der Waals surface area contributed by atoms with Gasteiger partial charge in [0.1, 0.15) is 11.5 Å². The zero-order valence-corrected chi connectivity index (χ0v) is 13.5. The fourth-order valence-electron chi connectivity index (χ4n) is 2.13. The Balaban J connectivity index is 2.31. The zero-order chi connectivity index (χ0) is 18.0. The van der Waals surface area contributed by atoms with Gasteiger partial charge in [-0.15, -0.1) is 0 Å². The highest BCUT2D eigenvalue weighted by molar-refractivity contribution is 7.88. The number of fused-ring (bicyclic) bond motifs is 1. The predicted octanol–water partition coefficient (Wildman–Crippen LogP) is 3.49. The van der Waals surface area contributed by atoms with Crippen molar-refractivity contribution in [2.24, 2.45) is 0 Å². The van der Waals surface area contributed by atoms with Crippen molar-refractivity contribution in [3.8, 4) is 11.5 Å². The van der Waals surface area contributed by atoms with Crippen LogP contribution < -0.4 is 8.92 Å². The molecule has 1 aliphatic rings. The van der Waals surface area contributed by atoms with E-state index < -0.39 is 27.3 Å². The summed E-state index contributed by atoms with van der Waals surface area (Å²) >= 11 is 0. The Labute approximate surface area is 137 Å². The standard InChI is InChI=1S/C15H15F3O5S/c1-10-3-2-4-11-9-12(23-24(20,21)15(16,17)18)6-7-13(11)22-14(19)8-5-10/h3,6-7,9H,2,4-5,8H2,1H3/b10-3+. The molecule has 0 bridgehead atoms. The van der Waals surface area contributed by atoms with Crippen LogP contribution in [0.15, 0.2) is 29.8 Å². The second-order valence-corrected chi connectivity index (χ2v) is 6.85. The first kappa shape index (κ1) is 18.3. The summed E-state index contributed by atoms with van der Waals surface area (Å²) < 4.78 is 68.6. The normalized spacial score (nSPS) is 18.8. The molecule has 5 nitrogen and oxygen atoms in total. The van der Waals surface area contributed by atoms with Crippen LogP contribution in [0.25, 0.3) is 0 Å². The molecule has 1 aromatic rings. The van der Waals surface area contributed by atoms with Gasteiger partial charge in [0.15, 0.2) is 0 Å². The molecule has 1 aromatic carbocycles. The van der Waals surface area contributed by atoms with Crippen molar-refractivity contribution >= 4 is 16.1 Å². The molecule has 1 heterocycles. The maximum Gasteiger partial charge on any atom is 0.534 e. The largest absolute Gasteiger partial charge is 0.534 e. The number of benzene rings is 1. The highest BCUT2D eigenvalue weighted by Gasteiger charge is 2.48. The fraction of sp³-hybridized carbons (Fsp3) is 0.400. The van der Waals surface area contributed by atoms with Crippen molar-refractivity contribution in [1.29, 1.82) is 0 Å². The molecule has 0 radical (unpaired) electrons. The first-order valence-corrected chi connectivity index (χ1v) is 8.49. The molecule has 0 N–H and O–H groups in total. The van der Waals surface area contributed by atoms with Gasteiger partial charge in [0, 0.05) is 6.42 Å². The van der Waals surface area contributed by atoms with Gasteiger partial charge in [0.2, 0.25) is 0 Å². The average molecular weight is 364 g/mol. The third-order valence-corrected chi connectivity index (χ3v) is 4.35. The molecule has 0 fully saturated rings. The minimum Gasteiger partial charge on any atom is -0.426 e. The maximum atomic E-state index is 12.4. The van der Waals surface area contributed by atoms with Crippen molar-refractivity contribution in [3.05, 3.63) is 35.4 Å². The van der Waals surface area contributed by atoms with Crippen molar-refractivity contribution in [2.45, 2.75) is 38.1 Å². The summed E-state index contributed by atoms with van der Waals surface area (Å²) in [6.45, 7) is 1.87. The van der Waals surface area contributed by atoms with Crippen LogP contribution in [0.5, 0.6) is 11.5 Å². The van der Waals surface area contributed by atoms with Crippen LogP contribution in [0.2, 0.25) is 0 Å². The predicted molar refractivity (Wildman–Crippen MR) is 79.0 cm³/mol. The summed E-state index contributed by atoms with van der Waals surface area (Å²) in [5.74, 6) is -0.771. The Hall–Kier alpha value is -2.03. The molecule has 132 valence electrons. The lowest BCUT2D eigenvalue weighted by Crippen LogP contribution is -2.28. The molecule has 0 aromatic heterocycles. The van der Waals surface area contributed by atoms with E-state index in [1.807, 2.05) is 13.0 Å². The van der Waals surface area contributed by atoms with Crippen LogP contribution in [0.1, 0.15) is 31.7 Å². The number of esters is 1. The maximum absolute atomic E-state index is 12.4. The number of rotatable bonds is 2. The van der Waals surface area contributed by atoms with E-state index in [2.05, 4.69) is 4.18 Å². The lowest BCUT2D eigenvalue weighted by molar-refractivity contribution is -0.134. The van der Waals surface area contributed by atoms with Gasteiger partial charge in [-0.2, -0.15) is 21.6 Å². The molecule has 2 rings (SSSR count). The monoisotopic (exact) mass is 364 g/mol. The molecule has 9 heteroatoms. The molecule has 0 saturated heterocycles. The second-order valence-electron chi connectivity index (χ2n) is 5.32. The molecule has 0 amide bonds. The topological polar surface area (TPSA) is 69.7 Å². The third kappa shape index (κ3) is 4.50. The smallest absolute Gasteiger partial charge is 0.426 e. The Morgan fingerprint density at radius 2 is 1.88 bits per heavy atom. The van der Waals surface area contributed by atoms with Crippen LogP contribution in [-0.4, -0.2) is 19.9 Å². The third-order valence-electron chi connectivity index (χ3n) is 3.38.